The first-order chi connectivity index (χ1) is 14.9. The van der Waals surface area contributed by atoms with Crippen molar-refractivity contribution in [1.82, 2.24) is 4.90 Å². The number of halogens is 1. The zero-order valence-electron chi connectivity index (χ0n) is 19.7. The molecule has 1 aromatic carbocycles. The number of aryl methyl sites for hydroxylation is 1. The van der Waals surface area contributed by atoms with E-state index in [1.165, 1.54) is 37.6 Å². The number of unbranched alkanes of at least 4 members (excludes halogenated alkanes) is 4. The van der Waals surface area contributed by atoms with Gasteiger partial charge in [-0.1, -0.05) is 81.0 Å². The number of aromatic hydroxyl groups is 1. The molecule has 0 bridgehead atoms. The standard InChI is InChI=1S/C26H40ClNO3/c1-5-6-7-8-10-15-23(31-4)16-11-9-12-18-25(29)28(3)20-22(19-27)24-17-13-14-21(2)26(24)30/h9,11,13-14,17,19,23,30H,5-8,10,12,15-16,18,20H2,1-4H3/t23-/m0/s1. The van der Waals surface area contributed by atoms with E-state index in [0.29, 0.717) is 24.9 Å². The maximum absolute atomic E-state index is 12.5. The fourth-order valence-corrected chi connectivity index (χ4v) is 3.70. The van der Waals surface area contributed by atoms with Crippen LogP contribution < -0.4 is 0 Å². The summed E-state index contributed by atoms with van der Waals surface area (Å²) in [7, 11) is 3.54. The summed E-state index contributed by atoms with van der Waals surface area (Å²) in [5, 5.41) is 10.3. The molecular weight excluding hydrogens is 410 g/mol. The maximum Gasteiger partial charge on any atom is 0.222 e. The molecule has 0 spiro atoms. The van der Waals surface area contributed by atoms with Crippen molar-refractivity contribution in [2.45, 2.75) is 77.7 Å². The number of methoxy groups -OCH3 is 1. The summed E-state index contributed by atoms with van der Waals surface area (Å²) in [6, 6.07) is 5.52. The number of likely N-dealkylation sites (N-methyl/N-ethyl adjacent to an activating group) is 1. The summed E-state index contributed by atoms with van der Waals surface area (Å²) in [6.07, 6.45) is 13.9. The molecule has 1 N–H and O–H groups in total. The Hall–Kier alpha value is -1.78. The number of allylic oxidation sites excluding steroid dienone is 1. The molecule has 0 saturated heterocycles. The van der Waals surface area contributed by atoms with Crippen molar-refractivity contribution in [1.29, 1.82) is 0 Å². The number of para-hydroxylation sites is 1. The van der Waals surface area contributed by atoms with Crippen LogP contribution >= 0.6 is 11.6 Å². The van der Waals surface area contributed by atoms with E-state index in [1.807, 2.05) is 25.1 Å². The van der Waals surface area contributed by atoms with Gasteiger partial charge in [0.25, 0.3) is 0 Å². The number of carbonyl (C=O) groups is 1. The molecular formula is C26H40ClNO3. The minimum atomic E-state index is 0.0482. The average Bonchev–Trinajstić information content (AvgIpc) is 2.77. The van der Waals surface area contributed by atoms with Gasteiger partial charge in [0.2, 0.25) is 5.91 Å². The number of hydrogen-bond donors (Lipinski definition) is 1. The van der Waals surface area contributed by atoms with E-state index in [2.05, 4.69) is 19.1 Å². The zero-order valence-corrected chi connectivity index (χ0v) is 20.5. The molecule has 174 valence electrons. The lowest BCUT2D eigenvalue weighted by atomic mass is 10.0. The molecule has 1 amide bonds. The summed E-state index contributed by atoms with van der Waals surface area (Å²) in [4.78, 5) is 14.1. The highest BCUT2D eigenvalue weighted by Gasteiger charge is 2.14. The van der Waals surface area contributed by atoms with Crippen LogP contribution in [0.15, 0.2) is 35.9 Å². The number of amides is 1. The van der Waals surface area contributed by atoms with Gasteiger partial charge in [0.05, 0.1) is 6.10 Å². The first kappa shape index (κ1) is 27.3. The predicted molar refractivity (Wildman–Crippen MR) is 131 cm³/mol. The zero-order chi connectivity index (χ0) is 23.1. The molecule has 31 heavy (non-hydrogen) atoms. The Morgan fingerprint density at radius 1 is 1.23 bits per heavy atom. The third-order valence-corrected chi connectivity index (χ3v) is 5.87. The summed E-state index contributed by atoms with van der Waals surface area (Å²) < 4.78 is 5.57. The summed E-state index contributed by atoms with van der Waals surface area (Å²) >= 11 is 5.99. The number of ether oxygens (including phenoxy) is 1. The Kier molecular flexibility index (Phi) is 14.0. The van der Waals surface area contributed by atoms with Gasteiger partial charge in [-0.25, -0.2) is 0 Å². The van der Waals surface area contributed by atoms with Crippen molar-refractivity contribution < 1.29 is 14.6 Å². The number of phenolic OH excluding ortho intramolecular Hbond substituents is 1. The number of phenols is 1. The first-order valence-electron chi connectivity index (χ1n) is 11.4. The van der Waals surface area contributed by atoms with E-state index in [4.69, 9.17) is 16.3 Å². The quantitative estimate of drug-likeness (QED) is 0.235. The van der Waals surface area contributed by atoms with Gasteiger partial charge in [0.15, 0.2) is 0 Å². The van der Waals surface area contributed by atoms with Gasteiger partial charge in [-0.2, -0.15) is 0 Å². The fraction of sp³-hybridized carbons (Fsp3) is 0.577. The smallest absolute Gasteiger partial charge is 0.222 e. The molecule has 0 radical (unpaired) electrons. The lowest BCUT2D eigenvalue weighted by molar-refractivity contribution is -0.129. The largest absolute Gasteiger partial charge is 0.507 e. The Balaban J connectivity index is 2.39. The molecule has 5 heteroatoms. The molecule has 0 saturated carbocycles. The van der Waals surface area contributed by atoms with E-state index in [9.17, 15) is 9.90 Å². The van der Waals surface area contributed by atoms with Crippen molar-refractivity contribution in [2.75, 3.05) is 20.7 Å². The Labute approximate surface area is 193 Å². The van der Waals surface area contributed by atoms with Crippen LogP contribution in [0, 0.1) is 6.92 Å². The number of hydrogen-bond acceptors (Lipinski definition) is 3. The molecule has 4 nitrogen and oxygen atoms in total. The SMILES string of the molecule is CCCCCCC[C@@H](CC=CCCC(=O)N(C)CC(=CCl)c1cccc(C)c1O)OC. The monoisotopic (exact) mass is 449 g/mol. The lowest BCUT2D eigenvalue weighted by Crippen LogP contribution is -2.28. The molecule has 0 aliphatic carbocycles. The average molecular weight is 450 g/mol. The number of benzene rings is 1. The van der Waals surface area contributed by atoms with Crippen LogP contribution in [0.4, 0.5) is 0 Å². The van der Waals surface area contributed by atoms with Crippen LogP contribution in [0.5, 0.6) is 5.75 Å². The number of rotatable bonds is 15. The van der Waals surface area contributed by atoms with Gasteiger partial charge in [-0.15, -0.1) is 0 Å². The van der Waals surface area contributed by atoms with Crippen molar-refractivity contribution in [3.63, 3.8) is 0 Å². The van der Waals surface area contributed by atoms with E-state index in [1.54, 1.807) is 19.1 Å². The van der Waals surface area contributed by atoms with E-state index < -0.39 is 0 Å². The van der Waals surface area contributed by atoms with Gasteiger partial charge in [0.1, 0.15) is 5.75 Å². The predicted octanol–water partition coefficient (Wildman–Crippen LogP) is 6.84. The molecule has 1 atom stereocenters. The molecule has 0 heterocycles. The van der Waals surface area contributed by atoms with Crippen LogP contribution in [-0.4, -0.2) is 42.7 Å². The van der Waals surface area contributed by atoms with Gasteiger partial charge < -0.3 is 14.7 Å². The molecule has 1 rings (SSSR count). The van der Waals surface area contributed by atoms with Gasteiger partial charge >= 0.3 is 0 Å². The molecule has 0 aliphatic rings. The molecule has 0 unspecified atom stereocenters. The molecule has 0 aromatic heterocycles. The summed E-state index contributed by atoms with van der Waals surface area (Å²) in [5.74, 6) is 0.253. The normalized spacial score (nSPS) is 13.0. The number of carbonyl (C=O) groups excluding carboxylic acids is 1. The first-order valence-corrected chi connectivity index (χ1v) is 11.9. The van der Waals surface area contributed by atoms with Crippen LogP contribution in [0.3, 0.4) is 0 Å². The highest BCUT2D eigenvalue weighted by atomic mass is 35.5. The maximum atomic E-state index is 12.5. The van der Waals surface area contributed by atoms with E-state index in [0.717, 1.165) is 24.0 Å². The van der Waals surface area contributed by atoms with Crippen molar-refractivity contribution in [3.8, 4) is 5.75 Å². The summed E-state index contributed by atoms with van der Waals surface area (Å²) in [5.41, 5.74) is 3.60. The Morgan fingerprint density at radius 2 is 1.97 bits per heavy atom. The minimum Gasteiger partial charge on any atom is -0.507 e. The Morgan fingerprint density at radius 3 is 2.65 bits per heavy atom. The number of nitrogens with zero attached hydrogens (tertiary/aromatic N) is 1. The summed E-state index contributed by atoms with van der Waals surface area (Å²) in [6.45, 7) is 4.42. The molecule has 1 aromatic rings. The van der Waals surface area contributed by atoms with Gasteiger partial charge in [-0.3, -0.25) is 4.79 Å². The van der Waals surface area contributed by atoms with Crippen LogP contribution in [-0.2, 0) is 9.53 Å². The highest BCUT2D eigenvalue weighted by molar-refractivity contribution is 6.28. The van der Waals surface area contributed by atoms with Crippen LogP contribution in [0.25, 0.3) is 5.57 Å². The van der Waals surface area contributed by atoms with Crippen molar-refractivity contribution in [3.05, 3.63) is 47.0 Å². The third-order valence-electron chi connectivity index (χ3n) is 5.60. The topological polar surface area (TPSA) is 49.8 Å². The lowest BCUT2D eigenvalue weighted by Gasteiger charge is -2.20. The molecule has 0 fully saturated rings. The van der Waals surface area contributed by atoms with Crippen LogP contribution in [0.1, 0.15) is 75.8 Å². The van der Waals surface area contributed by atoms with Gasteiger partial charge in [0, 0.05) is 38.2 Å². The second kappa shape index (κ2) is 15.9. The van der Waals surface area contributed by atoms with E-state index >= 15 is 0 Å². The van der Waals surface area contributed by atoms with Crippen LogP contribution in [0.2, 0.25) is 0 Å². The fourth-order valence-electron chi connectivity index (χ4n) is 3.51. The van der Waals surface area contributed by atoms with Gasteiger partial charge in [-0.05, 0) is 37.3 Å². The van der Waals surface area contributed by atoms with Crippen molar-refractivity contribution in [2.24, 2.45) is 0 Å². The second-order valence-corrected chi connectivity index (χ2v) is 8.38. The third kappa shape index (κ3) is 10.4. The Bertz CT molecular complexity index is 715. The molecule has 0 aliphatic heterocycles. The second-order valence-electron chi connectivity index (χ2n) is 8.16. The minimum absolute atomic E-state index is 0.0482. The van der Waals surface area contributed by atoms with Crippen molar-refractivity contribution >= 4 is 23.1 Å². The highest BCUT2D eigenvalue weighted by Crippen LogP contribution is 2.29. The van der Waals surface area contributed by atoms with E-state index in [-0.39, 0.29) is 17.8 Å².